The van der Waals surface area contributed by atoms with Crippen molar-refractivity contribution in [1.82, 2.24) is 4.98 Å². The Balaban J connectivity index is 2.78. The van der Waals surface area contributed by atoms with Crippen LogP contribution in [0.5, 0.6) is 0 Å². The van der Waals surface area contributed by atoms with E-state index in [0.29, 0.717) is 0 Å². The molecule has 1 heterocycles. The fourth-order valence-electron chi connectivity index (χ4n) is 0.801. The molecule has 1 rings (SSSR count). The minimum atomic E-state index is 1.10. The first-order valence-corrected chi connectivity index (χ1v) is 4.69. The summed E-state index contributed by atoms with van der Waals surface area (Å²) in [4.78, 5) is 4.34. The Labute approximate surface area is 71.8 Å². The summed E-state index contributed by atoms with van der Waals surface area (Å²) in [6, 6.07) is 0. The quantitative estimate of drug-likeness (QED) is 0.658. The second kappa shape index (κ2) is 3.67. The standard InChI is InChI=1S/C9H13NS/c1-4-7(2)5-9-6-11-8(3)10-9/h5-6H,4H2,1-3H3/b7-5+. The van der Waals surface area contributed by atoms with Crippen LogP contribution in [-0.4, -0.2) is 4.98 Å². The maximum atomic E-state index is 4.34. The lowest BCUT2D eigenvalue weighted by Crippen LogP contribution is -1.75. The molecule has 11 heavy (non-hydrogen) atoms. The number of rotatable bonds is 2. The van der Waals surface area contributed by atoms with Crippen LogP contribution in [-0.2, 0) is 0 Å². The average molecular weight is 167 g/mol. The van der Waals surface area contributed by atoms with E-state index >= 15 is 0 Å². The van der Waals surface area contributed by atoms with Gasteiger partial charge in [-0.1, -0.05) is 12.5 Å². The van der Waals surface area contributed by atoms with E-state index in [4.69, 9.17) is 0 Å². The van der Waals surface area contributed by atoms with Crippen molar-refractivity contribution < 1.29 is 0 Å². The van der Waals surface area contributed by atoms with Gasteiger partial charge in [0.2, 0.25) is 0 Å². The Hall–Kier alpha value is -0.630. The van der Waals surface area contributed by atoms with Crippen LogP contribution in [0.2, 0.25) is 0 Å². The molecular formula is C9H13NS. The summed E-state index contributed by atoms with van der Waals surface area (Å²) in [6.07, 6.45) is 3.25. The Morgan fingerprint density at radius 3 is 2.91 bits per heavy atom. The maximum Gasteiger partial charge on any atom is 0.0901 e. The second-order valence-electron chi connectivity index (χ2n) is 2.64. The van der Waals surface area contributed by atoms with Crippen molar-refractivity contribution >= 4 is 17.4 Å². The largest absolute Gasteiger partial charge is 0.242 e. The lowest BCUT2D eigenvalue weighted by molar-refractivity contribution is 1.11. The zero-order valence-electron chi connectivity index (χ0n) is 7.22. The zero-order valence-corrected chi connectivity index (χ0v) is 8.03. The Morgan fingerprint density at radius 2 is 2.45 bits per heavy atom. The van der Waals surface area contributed by atoms with Crippen LogP contribution in [0.3, 0.4) is 0 Å². The third kappa shape index (κ3) is 2.46. The topological polar surface area (TPSA) is 12.9 Å². The first-order chi connectivity index (χ1) is 5.22. The molecule has 0 radical (unpaired) electrons. The Bertz CT molecular complexity index is 260. The molecule has 1 nitrogen and oxygen atoms in total. The van der Waals surface area contributed by atoms with Crippen molar-refractivity contribution in [2.75, 3.05) is 0 Å². The molecule has 0 spiro atoms. The number of thiazole rings is 1. The van der Waals surface area contributed by atoms with E-state index in [1.807, 2.05) is 6.92 Å². The van der Waals surface area contributed by atoms with Crippen molar-refractivity contribution in [1.29, 1.82) is 0 Å². The third-order valence-corrected chi connectivity index (χ3v) is 2.38. The summed E-state index contributed by atoms with van der Waals surface area (Å²) in [7, 11) is 0. The fraction of sp³-hybridized carbons (Fsp3) is 0.444. The van der Waals surface area contributed by atoms with Gasteiger partial charge in [-0.3, -0.25) is 0 Å². The van der Waals surface area contributed by atoms with E-state index in [1.165, 1.54) is 5.57 Å². The highest BCUT2D eigenvalue weighted by atomic mass is 32.1. The SMILES string of the molecule is CC/C(C)=C/c1csc(C)n1. The third-order valence-electron chi connectivity index (χ3n) is 1.59. The summed E-state index contributed by atoms with van der Waals surface area (Å²) < 4.78 is 0. The van der Waals surface area contributed by atoms with Gasteiger partial charge in [0.15, 0.2) is 0 Å². The molecule has 0 saturated heterocycles. The van der Waals surface area contributed by atoms with Gasteiger partial charge in [0.25, 0.3) is 0 Å². The highest BCUT2D eigenvalue weighted by Gasteiger charge is 1.93. The predicted molar refractivity (Wildman–Crippen MR) is 50.8 cm³/mol. The molecule has 0 aliphatic rings. The Morgan fingerprint density at radius 1 is 1.73 bits per heavy atom. The van der Waals surface area contributed by atoms with Gasteiger partial charge in [0, 0.05) is 5.38 Å². The number of hydrogen-bond acceptors (Lipinski definition) is 2. The second-order valence-corrected chi connectivity index (χ2v) is 3.70. The van der Waals surface area contributed by atoms with E-state index in [2.05, 4.69) is 30.3 Å². The number of nitrogens with zero attached hydrogens (tertiary/aromatic N) is 1. The van der Waals surface area contributed by atoms with Crippen LogP contribution >= 0.6 is 11.3 Å². The van der Waals surface area contributed by atoms with E-state index in [-0.39, 0.29) is 0 Å². The average Bonchev–Trinajstić information content (AvgIpc) is 2.35. The first kappa shape index (κ1) is 8.47. The van der Waals surface area contributed by atoms with Crippen LogP contribution < -0.4 is 0 Å². The van der Waals surface area contributed by atoms with Crippen molar-refractivity contribution in [2.24, 2.45) is 0 Å². The fourth-order valence-corrected chi connectivity index (χ4v) is 1.37. The normalized spacial score (nSPS) is 12.1. The summed E-state index contributed by atoms with van der Waals surface area (Å²) in [5.41, 5.74) is 2.49. The molecule has 0 aromatic carbocycles. The van der Waals surface area contributed by atoms with Crippen molar-refractivity contribution in [3.63, 3.8) is 0 Å². The molecule has 2 heteroatoms. The van der Waals surface area contributed by atoms with Crippen LogP contribution in [0.4, 0.5) is 0 Å². The number of aromatic nitrogens is 1. The van der Waals surface area contributed by atoms with E-state index in [1.54, 1.807) is 11.3 Å². The summed E-state index contributed by atoms with van der Waals surface area (Å²) in [5, 5.41) is 3.23. The molecule has 1 aromatic heterocycles. The number of aryl methyl sites for hydroxylation is 1. The van der Waals surface area contributed by atoms with Gasteiger partial charge in [0.05, 0.1) is 10.7 Å². The minimum absolute atomic E-state index is 1.10. The summed E-state index contributed by atoms with van der Waals surface area (Å²) in [5.74, 6) is 0. The van der Waals surface area contributed by atoms with Crippen LogP contribution in [0.1, 0.15) is 31.0 Å². The van der Waals surface area contributed by atoms with Gasteiger partial charge in [-0.25, -0.2) is 4.98 Å². The Kier molecular flexibility index (Phi) is 2.83. The summed E-state index contributed by atoms with van der Waals surface area (Å²) >= 11 is 1.70. The molecule has 60 valence electrons. The van der Waals surface area contributed by atoms with Crippen LogP contribution in [0.25, 0.3) is 6.08 Å². The van der Waals surface area contributed by atoms with Crippen molar-refractivity contribution in [3.05, 3.63) is 21.7 Å². The molecule has 0 N–H and O–H groups in total. The van der Waals surface area contributed by atoms with Crippen molar-refractivity contribution in [3.8, 4) is 0 Å². The molecule has 0 bridgehead atoms. The highest BCUT2D eigenvalue weighted by Crippen LogP contribution is 2.12. The van der Waals surface area contributed by atoms with Gasteiger partial charge in [-0.05, 0) is 26.3 Å². The molecule has 0 fully saturated rings. The van der Waals surface area contributed by atoms with E-state index < -0.39 is 0 Å². The lowest BCUT2D eigenvalue weighted by Gasteiger charge is -1.90. The molecule has 1 aromatic rings. The van der Waals surface area contributed by atoms with Gasteiger partial charge in [0.1, 0.15) is 0 Å². The molecular weight excluding hydrogens is 154 g/mol. The summed E-state index contributed by atoms with van der Waals surface area (Å²) in [6.45, 7) is 6.32. The van der Waals surface area contributed by atoms with Crippen LogP contribution in [0.15, 0.2) is 11.0 Å². The van der Waals surface area contributed by atoms with Gasteiger partial charge < -0.3 is 0 Å². The smallest absolute Gasteiger partial charge is 0.0901 e. The highest BCUT2D eigenvalue weighted by molar-refractivity contribution is 7.09. The van der Waals surface area contributed by atoms with Crippen LogP contribution in [0, 0.1) is 6.92 Å². The molecule has 0 amide bonds. The monoisotopic (exact) mass is 167 g/mol. The molecule has 0 atom stereocenters. The molecule has 0 aliphatic carbocycles. The number of hydrogen-bond donors (Lipinski definition) is 0. The molecule has 0 unspecified atom stereocenters. The minimum Gasteiger partial charge on any atom is -0.242 e. The van der Waals surface area contributed by atoms with Crippen molar-refractivity contribution in [2.45, 2.75) is 27.2 Å². The maximum absolute atomic E-state index is 4.34. The molecule has 0 saturated carbocycles. The van der Waals surface area contributed by atoms with Gasteiger partial charge >= 0.3 is 0 Å². The molecule has 0 aliphatic heterocycles. The van der Waals surface area contributed by atoms with E-state index in [9.17, 15) is 0 Å². The lowest BCUT2D eigenvalue weighted by atomic mass is 10.2. The zero-order chi connectivity index (χ0) is 8.27. The van der Waals surface area contributed by atoms with E-state index in [0.717, 1.165) is 17.1 Å². The van der Waals surface area contributed by atoms with Gasteiger partial charge in [-0.15, -0.1) is 11.3 Å². The van der Waals surface area contributed by atoms with Gasteiger partial charge in [-0.2, -0.15) is 0 Å². The first-order valence-electron chi connectivity index (χ1n) is 3.81. The predicted octanol–water partition coefficient (Wildman–Crippen LogP) is 3.26. The number of allylic oxidation sites excluding steroid dienone is 1.